The Morgan fingerprint density at radius 3 is 2.41 bits per heavy atom. The predicted octanol–water partition coefficient (Wildman–Crippen LogP) is 5.60. The molecule has 0 aliphatic heterocycles. The number of hydrogen-bond acceptors (Lipinski definition) is 3. The number of ketones is 1. The largest absolute Gasteiger partial charge is 0.399 e. The van der Waals surface area contributed by atoms with Gasteiger partial charge in [0.05, 0.1) is 0 Å². The average Bonchev–Trinajstić information content (AvgIpc) is 3.12. The topological polar surface area (TPSA) is 63.3 Å². The highest BCUT2D eigenvalue weighted by molar-refractivity contribution is 5.79. The van der Waals surface area contributed by atoms with Crippen molar-refractivity contribution in [3.63, 3.8) is 0 Å². The number of aliphatic hydroxyl groups is 1. The summed E-state index contributed by atoms with van der Waals surface area (Å²) < 4.78 is 0. The molecule has 1 aromatic carbocycles. The number of hydrogen-bond donors (Lipinski definition) is 2. The minimum atomic E-state index is -0.880. The van der Waals surface area contributed by atoms with Gasteiger partial charge in [0.15, 0.2) is 0 Å². The Bertz CT molecular complexity index is 958. The number of anilines is 1. The van der Waals surface area contributed by atoms with Crippen LogP contribution < -0.4 is 5.73 Å². The lowest BCUT2D eigenvalue weighted by atomic mass is 9.44. The molecule has 0 radical (unpaired) electrons. The minimum absolute atomic E-state index is 0.218. The van der Waals surface area contributed by atoms with Crippen LogP contribution in [0.3, 0.4) is 0 Å². The Hall–Kier alpha value is -1.79. The Balaban J connectivity index is 1.34. The van der Waals surface area contributed by atoms with Gasteiger partial charge < -0.3 is 10.8 Å². The van der Waals surface area contributed by atoms with E-state index in [4.69, 9.17) is 5.73 Å². The third-order valence-electron chi connectivity index (χ3n) is 10.6. The summed E-state index contributed by atoms with van der Waals surface area (Å²) in [4.78, 5) is 12.4. The molecular weight excluding hydrogens is 394 g/mol. The van der Waals surface area contributed by atoms with Crippen molar-refractivity contribution < 1.29 is 9.90 Å². The second kappa shape index (κ2) is 7.63. The lowest BCUT2D eigenvalue weighted by molar-refractivity contribution is -0.144. The molecule has 4 aliphatic rings. The molecule has 172 valence electrons. The number of nitrogens with two attached hydrogens (primary N) is 1. The van der Waals surface area contributed by atoms with Gasteiger partial charge in [0.25, 0.3) is 0 Å². The normalized spacial score (nSPS) is 45.1. The van der Waals surface area contributed by atoms with Crippen molar-refractivity contribution in [2.45, 2.75) is 84.2 Å². The van der Waals surface area contributed by atoms with Crippen molar-refractivity contribution in [1.29, 1.82) is 0 Å². The Kier molecular flexibility index (Phi) is 5.25. The van der Waals surface area contributed by atoms with E-state index in [1.54, 1.807) is 0 Å². The van der Waals surface area contributed by atoms with E-state index in [1.807, 2.05) is 31.2 Å². The van der Waals surface area contributed by atoms with Crippen LogP contribution >= 0.6 is 0 Å². The SMILES string of the molecule is CC(=O)[C@H]1CC[C@H]2[C@@H]3CC[C@@H]4C[C@@](O)(C#Cc5ccc(N)cc5)CC[C@]4(C)[C@H]3CC[C@]12C. The highest BCUT2D eigenvalue weighted by Crippen LogP contribution is 2.68. The van der Waals surface area contributed by atoms with Crippen molar-refractivity contribution in [2.24, 2.45) is 40.4 Å². The van der Waals surface area contributed by atoms with Crippen LogP contribution in [0.5, 0.6) is 0 Å². The molecule has 5 rings (SSSR count). The minimum Gasteiger partial charge on any atom is -0.399 e. The number of rotatable bonds is 1. The zero-order valence-electron chi connectivity index (χ0n) is 20.0. The van der Waals surface area contributed by atoms with Crippen LogP contribution in [0.25, 0.3) is 0 Å². The third kappa shape index (κ3) is 3.41. The van der Waals surface area contributed by atoms with Gasteiger partial charge in [-0.25, -0.2) is 0 Å². The van der Waals surface area contributed by atoms with Crippen LogP contribution in [-0.2, 0) is 4.79 Å². The van der Waals surface area contributed by atoms with E-state index in [1.165, 1.54) is 32.1 Å². The van der Waals surface area contributed by atoms with E-state index < -0.39 is 5.60 Å². The van der Waals surface area contributed by atoms with Crippen molar-refractivity contribution in [3.8, 4) is 11.8 Å². The van der Waals surface area contributed by atoms with Crippen LogP contribution in [0.4, 0.5) is 5.69 Å². The predicted molar refractivity (Wildman–Crippen MR) is 129 cm³/mol. The van der Waals surface area contributed by atoms with Gasteiger partial charge in [-0.2, -0.15) is 0 Å². The maximum atomic E-state index is 12.4. The van der Waals surface area contributed by atoms with E-state index >= 15 is 0 Å². The number of Topliss-reactive ketones (excluding diaryl/α,β-unsaturated/α-hetero) is 1. The van der Waals surface area contributed by atoms with Gasteiger partial charge in [-0.05, 0) is 123 Å². The first kappa shape index (κ1) is 22.0. The van der Waals surface area contributed by atoms with Crippen molar-refractivity contribution in [3.05, 3.63) is 29.8 Å². The average molecular weight is 434 g/mol. The summed E-state index contributed by atoms with van der Waals surface area (Å²) in [7, 11) is 0. The van der Waals surface area contributed by atoms with Crippen LogP contribution in [-0.4, -0.2) is 16.5 Å². The lowest BCUT2D eigenvalue weighted by Crippen LogP contribution is -2.56. The van der Waals surface area contributed by atoms with Gasteiger partial charge >= 0.3 is 0 Å². The van der Waals surface area contributed by atoms with Crippen LogP contribution in [0.1, 0.15) is 84.1 Å². The molecule has 0 amide bonds. The quantitative estimate of drug-likeness (QED) is 0.448. The van der Waals surface area contributed by atoms with Crippen LogP contribution in [0.2, 0.25) is 0 Å². The second-order valence-corrected chi connectivity index (χ2v) is 12.0. The molecule has 0 bridgehead atoms. The van der Waals surface area contributed by atoms with E-state index in [-0.39, 0.29) is 11.3 Å². The highest BCUT2D eigenvalue weighted by atomic mass is 16.3. The summed E-state index contributed by atoms with van der Waals surface area (Å²) in [5.41, 5.74) is 7.07. The third-order valence-corrected chi connectivity index (χ3v) is 10.6. The number of benzene rings is 1. The number of nitrogen functional groups attached to an aromatic ring is 1. The summed E-state index contributed by atoms with van der Waals surface area (Å²) in [6.07, 6.45) is 9.87. The molecule has 3 nitrogen and oxygen atoms in total. The molecule has 4 aliphatic carbocycles. The molecule has 0 spiro atoms. The summed E-state index contributed by atoms with van der Waals surface area (Å²) >= 11 is 0. The smallest absolute Gasteiger partial charge is 0.133 e. The monoisotopic (exact) mass is 433 g/mol. The zero-order chi connectivity index (χ0) is 22.7. The number of fused-ring (bicyclic) bond motifs is 5. The number of carbonyl (C=O) groups excluding carboxylic acids is 1. The van der Waals surface area contributed by atoms with Gasteiger partial charge in [-0.3, -0.25) is 4.79 Å². The Labute approximate surface area is 193 Å². The molecule has 0 aromatic heterocycles. The molecule has 3 N–H and O–H groups in total. The Morgan fingerprint density at radius 2 is 1.69 bits per heavy atom. The summed E-state index contributed by atoms with van der Waals surface area (Å²) in [6, 6.07) is 7.59. The first-order valence-corrected chi connectivity index (χ1v) is 12.8. The zero-order valence-corrected chi connectivity index (χ0v) is 20.0. The van der Waals surface area contributed by atoms with Crippen LogP contribution in [0, 0.1) is 52.3 Å². The molecule has 0 unspecified atom stereocenters. The van der Waals surface area contributed by atoms with Gasteiger partial charge in [-0.1, -0.05) is 25.7 Å². The Morgan fingerprint density at radius 1 is 0.969 bits per heavy atom. The fourth-order valence-corrected chi connectivity index (χ4v) is 8.78. The summed E-state index contributed by atoms with van der Waals surface area (Å²) in [6.45, 7) is 6.76. The highest BCUT2D eigenvalue weighted by Gasteiger charge is 2.61. The standard InChI is InChI=1S/C29H39NO2/c1-19(31)24-10-11-25-23-9-6-21-18-29(32,15-12-20-4-7-22(30)8-5-20)17-16-27(21,2)26(23)13-14-28(24,25)3/h4-5,7-8,21,23-26,32H,6,9-11,13-14,16-18,30H2,1-3H3/t21-,23+,24-,25+,26+,27+,28-,29-/m1/s1. The molecule has 8 atom stereocenters. The molecule has 32 heavy (non-hydrogen) atoms. The van der Waals surface area contributed by atoms with E-state index in [9.17, 15) is 9.90 Å². The maximum Gasteiger partial charge on any atom is 0.133 e. The van der Waals surface area contributed by atoms with Gasteiger partial charge in [0, 0.05) is 17.2 Å². The fraction of sp³-hybridized carbons (Fsp3) is 0.690. The van der Waals surface area contributed by atoms with Crippen molar-refractivity contribution in [1.82, 2.24) is 0 Å². The van der Waals surface area contributed by atoms with E-state index in [0.717, 1.165) is 48.8 Å². The molecule has 3 heteroatoms. The summed E-state index contributed by atoms with van der Waals surface area (Å²) in [5, 5.41) is 11.4. The molecule has 4 fully saturated rings. The molecule has 0 heterocycles. The fourth-order valence-electron chi connectivity index (χ4n) is 8.78. The number of carbonyl (C=O) groups is 1. The van der Waals surface area contributed by atoms with Crippen LogP contribution in [0.15, 0.2) is 24.3 Å². The molecular formula is C29H39NO2. The molecule has 4 saturated carbocycles. The molecule has 1 aromatic rings. The summed E-state index contributed by atoms with van der Waals surface area (Å²) in [5.74, 6) is 9.88. The maximum absolute atomic E-state index is 12.4. The van der Waals surface area contributed by atoms with Gasteiger partial charge in [0.2, 0.25) is 0 Å². The van der Waals surface area contributed by atoms with Crippen molar-refractivity contribution >= 4 is 11.5 Å². The van der Waals surface area contributed by atoms with Gasteiger partial charge in [0.1, 0.15) is 11.4 Å². The lowest BCUT2D eigenvalue weighted by Gasteiger charge is -2.61. The first-order chi connectivity index (χ1) is 15.1. The molecule has 0 saturated heterocycles. The van der Waals surface area contributed by atoms with E-state index in [0.29, 0.717) is 23.0 Å². The van der Waals surface area contributed by atoms with Gasteiger partial charge in [-0.15, -0.1) is 0 Å². The van der Waals surface area contributed by atoms with E-state index in [2.05, 4.69) is 25.7 Å². The second-order valence-electron chi connectivity index (χ2n) is 12.0. The van der Waals surface area contributed by atoms with Crippen molar-refractivity contribution in [2.75, 3.05) is 5.73 Å². The first-order valence-electron chi connectivity index (χ1n) is 12.8.